The second-order valence-corrected chi connectivity index (χ2v) is 5.87. The van der Waals surface area contributed by atoms with Crippen LogP contribution in [0.1, 0.15) is 28.4 Å². The van der Waals surface area contributed by atoms with E-state index >= 15 is 0 Å². The van der Waals surface area contributed by atoms with Crippen molar-refractivity contribution in [3.05, 3.63) is 69.3 Å². The lowest BCUT2D eigenvalue weighted by Gasteiger charge is -2.14. The molecule has 0 radical (unpaired) electrons. The van der Waals surface area contributed by atoms with Crippen molar-refractivity contribution in [2.45, 2.75) is 26.1 Å². The summed E-state index contributed by atoms with van der Waals surface area (Å²) in [6, 6.07) is 7.40. The van der Waals surface area contributed by atoms with E-state index < -0.39 is 34.6 Å². The Morgan fingerprint density at radius 3 is 2.25 bits per heavy atom. The fourth-order valence-corrected chi connectivity index (χ4v) is 2.26. The van der Waals surface area contributed by atoms with Gasteiger partial charge < -0.3 is 10.1 Å². The number of amides is 1. The lowest BCUT2D eigenvalue weighted by molar-refractivity contribution is -0.385. The number of hydrogen-bond acceptors (Lipinski definition) is 5. The molecule has 10 heteroatoms. The second kappa shape index (κ2) is 8.07. The molecule has 0 aliphatic rings. The fourth-order valence-electron chi connectivity index (χ4n) is 2.26. The molecule has 2 aromatic rings. The third kappa shape index (κ3) is 5.06. The van der Waals surface area contributed by atoms with E-state index in [0.29, 0.717) is 0 Å². The highest BCUT2D eigenvalue weighted by molar-refractivity contribution is 5.97. The molecule has 1 amide bonds. The van der Waals surface area contributed by atoms with E-state index in [-0.39, 0.29) is 22.5 Å². The number of rotatable bonds is 5. The van der Waals surface area contributed by atoms with Crippen molar-refractivity contribution in [2.24, 2.45) is 0 Å². The number of nitrogens with zero attached hydrogens (tertiary/aromatic N) is 1. The molecule has 148 valence electrons. The number of nitrogens with one attached hydrogen (secondary N) is 1. The number of ether oxygens (including phenoxy) is 1. The van der Waals surface area contributed by atoms with E-state index in [9.17, 15) is 32.9 Å². The average Bonchev–Trinajstić information content (AvgIpc) is 2.60. The molecule has 7 nitrogen and oxygen atoms in total. The number of esters is 1. The maximum atomic E-state index is 12.5. The molecule has 2 rings (SSSR count). The third-order valence-corrected chi connectivity index (χ3v) is 3.76. The minimum Gasteiger partial charge on any atom is -0.449 e. The molecule has 0 aromatic heterocycles. The molecule has 0 spiro atoms. The first-order valence-electron chi connectivity index (χ1n) is 7.93. The van der Waals surface area contributed by atoms with Gasteiger partial charge in [-0.1, -0.05) is 0 Å². The molecule has 28 heavy (non-hydrogen) atoms. The zero-order valence-electron chi connectivity index (χ0n) is 14.7. The summed E-state index contributed by atoms with van der Waals surface area (Å²) < 4.78 is 42.6. The van der Waals surface area contributed by atoms with Gasteiger partial charge in [-0.3, -0.25) is 14.9 Å². The number of aryl methyl sites for hydroxylation is 1. The highest BCUT2D eigenvalue weighted by Gasteiger charge is 2.30. The number of benzene rings is 2. The summed E-state index contributed by atoms with van der Waals surface area (Å²) in [6.07, 6.45) is -5.74. The normalized spacial score (nSPS) is 12.2. The van der Waals surface area contributed by atoms with E-state index in [1.165, 1.54) is 26.0 Å². The number of nitro groups is 1. The highest BCUT2D eigenvalue weighted by atomic mass is 19.4. The molecule has 0 heterocycles. The Hall–Kier alpha value is -3.43. The molecule has 1 atom stereocenters. The molecule has 0 bridgehead atoms. The summed E-state index contributed by atoms with van der Waals surface area (Å²) in [5, 5.41) is 13.1. The summed E-state index contributed by atoms with van der Waals surface area (Å²) in [4.78, 5) is 34.4. The van der Waals surface area contributed by atoms with Gasteiger partial charge in [0.05, 0.1) is 16.1 Å². The van der Waals surface area contributed by atoms with Crippen LogP contribution in [0.15, 0.2) is 42.5 Å². The molecular formula is C18H15F3N2O5. The van der Waals surface area contributed by atoms with Gasteiger partial charge in [-0.2, -0.15) is 13.2 Å². The molecule has 0 saturated carbocycles. The van der Waals surface area contributed by atoms with Gasteiger partial charge in [-0.05, 0) is 50.2 Å². The number of alkyl halides is 3. The van der Waals surface area contributed by atoms with Crippen LogP contribution in [0.4, 0.5) is 24.5 Å². The Balaban J connectivity index is 2.01. The van der Waals surface area contributed by atoms with Crippen LogP contribution < -0.4 is 5.32 Å². The van der Waals surface area contributed by atoms with Crippen LogP contribution in [-0.2, 0) is 15.7 Å². The van der Waals surface area contributed by atoms with Gasteiger partial charge in [0, 0.05) is 17.3 Å². The molecular weight excluding hydrogens is 381 g/mol. The first kappa shape index (κ1) is 20.9. The smallest absolute Gasteiger partial charge is 0.416 e. The number of anilines is 1. The first-order valence-corrected chi connectivity index (χ1v) is 7.93. The van der Waals surface area contributed by atoms with Gasteiger partial charge >= 0.3 is 12.1 Å². The first-order chi connectivity index (χ1) is 13.0. The van der Waals surface area contributed by atoms with Gasteiger partial charge in [-0.15, -0.1) is 0 Å². The summed E-state index contributed by atoms with van der Waals surface area (Å²) in [7, 11) is 0. The van der Waals surface area contributed by atoms with Crippen LogP contribution in [0.5, 0.6) is 0 Å². The summed E-state index contributed by atoms with van der Waals surface area (Å²) in [6.45, 7) is 2.74. The van der Waals surface area contributed by atoms with E-state index in [4.69, 9.17) is 4.74 Å². The SMILES string of the molecule is Cc1cc(C(=O)OC(C)C(=O)Nc2ccc(C(F)(F)F)cc2)ccc1[N+](=O)[O-]. The van der Waals surface area contributed by atoms with E-state index in [1.54, 1.807) is 0 Å². The Morgan fingerprint density at radius 1 is 1.14 bits per heavy atom. The molecule has 1 N–H and O–H groups in total. The van der Waals surface area contributed by atoms with Gasteiger partial charge in [0.25, 0.3) is 11.6 Å². The van der Waals surface area contributed by atoms with Crippen LogP contribution in [0.25, 0.3) is 0 Å². The van der Waals surface area contributed by atoms with Crippen LogP contribution in [0.3, 0.4) is 0 Å². The van der Waals surface area contributed by atoms with Crippen LogP contribution in [-0.4, -0.2) is 22.9 Å². The zero-order valence-corrected chi connectivity index (χ0v) is 14.7. The molecule has 0 aliphatic heterocycles. The molecule has 0 aliphatic carbocycles. The van der Waals surface area contributed by atoms with Gasteiger partial charge in [-0.25, -0.2) is 4.79 Å². The van der Waals surface area contributed by atoms with Crippen molar-refractivity contribution in [3.63, 3.8) is 0 Å². The van der Waals surface area contributed by atoms with Crippen molar-refractivity contribution in [1.29, 1.82) is 0 Å². The minimum atomic E-state index is -4.49. The summed E-state index contributed by atoms with van der Waals surface area (Å²) in [5.41, 5.74) is -0.645. The van der Waals surface area contributed by atoms with Crippen LogP contribution in [0.2, 0.25) is 0 Å². The number of nitro benzene ring substituents is 1. The lowest BCUT2D eigenvalue weighted by Crippen LogP contribution is -2.30. The van der Waals surface area contributed by atoms with Crippen molar-refractivity contribution in [2.75, 3.05) is 5.32 Å². The second-order valence-electron chi connectivity index (χ2n) is 5.87. The van der Waals surface area contributed by atoms with E-state index in [0.717, 1.165) is 30.3 Å². The van der Waals surface area contributed by atoms with Crippen molar-refractivity contribution >= 4 is 23.3 Å². The molecule has 0 saturated heterocycles. The topological polar surface area (TPSA) is 98.5 Å². The van der Waals surface area contributed by atoms with Gasteiger partial charge in [0.15, 0.2) is 6.10 Å². The maximum Gasteiger partial charge on any atom is 0.416 e. The molecule has 0 fully saturated rings. The third-order valence-electron chi connectivity index (χ3n) is 3.76. The minimum absolute atomic E-state index is 0.0253. The Morgan fingerprint density at radius 2 is 1.75 bits per heavy atom. The van der Waals surface area contributed by atoms with Gasteiger partial charge in [0.2, 0.25) is 0 Å². The monoisotopic (exact) mass is 396 g/mol. The largest absolute Gasteiger partial charge is 0.449 e. The van der Waals surface area contributed by atoms with E-state index in [1.807, 2.05) is 0 Å². The number of carbonyl (C=O) groups excluding carboxylic acids is 2. The Bertz CT molecular complexity index is 910. The predicted molar refractivity (Wildman–Crippen MR) is 92.8 cm³/mol. The number of hydrogen-bond donors (Lipinski definition) is 1. The lowest BCUT2D eigenvalue weighted by atomic mass is 10.1. The van der Waals surface area contributed by atoms with Crippen LogP contribution >= 0.6 is 0 Å². The van der Waals surface area contributed by atoms with Crippen molar-refractivity contribution < 1.29 is 32.4 Å². The predicted octanol–water partition coefficient (Wildman–Crippen LogP) is 4.11. The van der Waals surface area contributed by atoms with Crippen molar-refractivity contribution in [1.82, 2.24) is 0 Å². The quantitative estimate of drug-likeness (QED) is 0.466. The van der Waals surface area contributed by atoms with Gasteiger partial charge in [0.1, 0.15) is 0 Å². The Labute approximate surface area is 157 Å². The number of carbonyl (C=O) groups is 2. The standard InChI is InChI=1S/C18H15F3N2O5/c1-10-9-12(3-8-15(10)23(26)27)17(25)28-11(2)16(24)22-14-6-4-13(5-7-14)18(19,20)21/h3-9,11H,1-2H3,(H,22,24). The highest BCUT2D eigenvalue weighted by Crippen LogP contribution is 2.29. The molecule has 2 aromatic carbocycles. The number of halogens is 3. The Kier molecular flexibility index (Phi) is 6.02. The summed E-state index contributed by atoms with van der Waals surface area (Å²) >= 11 is 0. The van der Waals surface area contributed by atoms with Crippen molar-refractivity contribution in [3.8, 4) is 0 Å². The van der Waals surface area contributed by atoms with E-state index in [2.05, 4.69) is 5.32 Å². The van der Waals surface area contributed by atoms with Crippen LogP contribution in [0, 0.1) is 17.0 Å². The summed E-state index contributed by atoms with van der Waals surface area (Å²) in [5.74, 6) is -1.61. The maximum absolute atomic E-state index is 12.5. The molecule has 1 unspecified atom stereocenters. The zero-order chi connectivity index (χ0) is 21.1. The average molecular weight is 396 g/mol. The fraction of sp³-hybridized carbons (Fsp3) is 0.222.